The Morgan fingerprint density at radius 2 is 1.89 bits per heavy atom. The van der Waals surface area contributed by atoms with Crippen molar-refractivity contribution in [1.29, 1.82) is 0 Å². The first-order chi connectivity index (χ1) is 8.63. The number of nitrogens with zero attached hydrogens (tertiary/aromatic N) is 1. The lowest BCUT2D eigenvalue weighted by atomic mass is 9.88. The van der Waals surface area contributed by atoms with Crippen LogP contribution >= 0.6 is 0 Å². The molecule has 0 radical (unpaired) electrons. The van der Waals surface area contributed by atoms with Gasteiger partial charge in [0, 0.05) is 24.2 Å². The van der Waals surface area contributed by atoms with Gasteiger partial charge in [0.15, 0.2) is 0 Å². The standard InChI is InChI=1S/C14H15N3O/c15-12-8-14(18,10-5-2-1-4-9(10)12)11-6-3-7-17-13(11)16/h1-7,12,18H,8,15H2,(H2,16,17). The van der Waals surface area contributed by atoms with Crippen molar-refractivity contribution in [3.05, 3.63) is 59.3 Å². The second kappa shape index (κ2) is 3.80. The van der Waals surface area contributed by atoms with E-state index in [0.717, 1.165) is 11.1 Å². The molecule has 1 heterocycles. The molecule has 5 N–H and O–H groups in total. The Kier molecular flexibility index (Phi) is 2.36. The fourth-order valence-electron chi connectivity index (χ4n) is 2.76. The van der Waals surface area contributed by atoms with Gasteiger partial charge in [0.05, 0.1) is 0 Å². The van der Waals surface area contributed by atoms with E-state index in [-0.39, 0.29) is 6.04 Å². The molecule has 0 spiro atoms. The highest BCUT2D eigenvalue weighted by Gasteiger charge is 2.43. The maximum atomic E-state index is 11.0. The van der Waals surface area contributed by atoms with Crippen LogP contribution in [0.4, 0.5) is 5.82 Å². The van der Waals surface area contributed by atoms with Crippen molar-refractivity contribution in [1.82, 2.24) is 4.98 Å². The zero-order valence-electron chi connectivity index (χ0n) is 9.88. The van der Waals surface area contributed by atoms with Crippen molar-refractivity contribution in [2.75, 3.05) is 5.73 Å². The fraction of sp³-hybridized carbons (Fsp3) is 0.214. The molecule has 4 nitrogen and oxygen atoms in total. The van der Waals surface area contributed by atoms with Gasteiger partial charge in [-0.2, -0.15) is 0 Å². The lowest BCUT2D eigenvalue weighted by Crippen LogP contribution is -2.26. The summed E-state index contributed by atoms with van der Waals surface area (Å²) in [5.74, 6) is 0.351. The van der Waals surface area contributed by atoms with Crippen LogP contribution < -0.4 is 11.5 Å². The summed E-state index contributed by atoms with van der Waals surface area (Å²) >= 11 is 0. The molecule has 1 aliphatic carbocycles. The molecule has 0 fully saturated rings. The molecule has 1 aromatic carbocycles. The highest BCUT2D eigenvalue weighted by atomic mass is 16.3. The lowest BCUT2D eigenvalue weighted by molar-refractivity contribution is 0.0781. The molecule has 92 valence electrons. The number of pyridine rings is 1. The van der Waals surface area contributed by atoms with Crippen LogP contribution in [0, 0.1) is 0 Å². The van der Waals surface area contributed by atoms with E-state index in [0.29, 0.717) is 17.8 Å². The summed E-state index contributed by atoms with van der Waals surface area (Å²) in [6, 6.07) is 11.1. The van der Waals surface area contributed by atoms with Gasteiger partial charge in [0.2, 0.25) is 0 Å². The van der Waals surface area contributed by atoms with E-state index in [4.69, 9.17) is 11.5 Å². The van der Waals surface area contributed by atoms with Crippen LogP contribution in [-0.4, -0.2) is 10.1 Å². The predicted octanol–water partition coefficient (Wildman–Crippen LogP) is 1.30. The number of nitrogens with two attached hydrogens (primary N) is 2. The molecule has 1 aliphatic rings. The summed E-state index contributed by atoms with van der Waals surface area (Å²) in [4.78, 5) is 4.04. The molecule has 2 atom stereocenters. The average molecular weight is 241 g/mol. The maximum Gasteiger partial charge on any atom is 0.129 e. The second-order valence-corrected chi connectivity index (χ2v) is 4.69. The Morgan fingerprint density at radius 1 is 1.17 bits per heavy atom. The minimum atomic E-state index is -1.13. The molecule has 4 heteroatoms. The molecule has 0 saturated heterocycles. The number of hydrogen-bond acceptors (Lipinski definition) is 4. The monoisotopic (exact) mass is 241 g/mol. The number of rotatable bonds is 1. The van der Waals surface area contributed by atoms with E-state index in [9.17, 15) is 5.11 Å². The van der Waals surface area contributed by atoms with Gasteiger partial charge in [0.1, 0.15) is 11.4 Å². The van der Waals surface area contributed by atoms with Gasteiger partial charge < -0.3 is 16.6 Å². The largest absolute Gasteiger partial charge is 0.383 e. The molecule has 2 unspecified atom stereocenters. The Hall–Kier alpha value is -1.91. The number of anilines is 1. The van der Waals surface area contributed by atoms with E-state index in [2.05, 4.69) is 4.98 Å². The van der Waals surface area contributed by atoms with Gasteiger partial charge in [-0.05, 0) is 17.2 Å². The normalized spacial score (nSPS) is 26.0. The third-order valence-corrected chi connectivity index (χ3v) is 3.61. The molecule has 3 rings (SSSR count). The Balaban J connectivity index is 2.21. The Labute approximate surface area is 105 Å². The van der Waals surface area contributed by atoms with Crippen molar-refractivity contribution in [2.45, 2.75) is 18.1 Å². The van der Waals surface area contributed by atoms with E-state index >= 15 is 0 Å². The van der Waals surface area contributed by atoms with Gasteiger partial charge >= 0.3 is 0 Å². The summed E-state index contributed by atoms with van der Waals surface area (Å²) in [6.07, 6.45) is 2.05. The van der Waals surface area contributed by atoms with Crippen molar-refractivity contribution in [3.63, 3.8) is 0 Å². The molecular weight excluding hydrogens is 226 g/mol. The van der Waals surface area contributed by atoms with Gasteiger partial charge in [-0.1, -0.05) is 30.3 Å². The highest BCUT2D eigenvalue weighted by molar-refractivity contribution is 5.53. The molecule has 1 aromatic heterocycles. The van der Waals surface area contributed by atoms with Crippen LogP contribution in [0.25, 0.3) is 0 Å². The van der Waals surface area contributed by atoms with Crippen LogP contribution in [0.1, 0.15) is 29.2 Å². The number of aromatic nitrogens is 1. The van der Waals surface area contributed by atoms with Gasteiger partial charge in [-0.3, -0.25) is 0 Å². The van der Waals surface area contributed by atoms with Crippen molar-refractivity contribution >= 4 is 5.82 Å². The van der Waals surface area contributed by atoms with E-state index in [1.54, 1.807) is 18.3 Å². The second-order valence-electron chi connectivity index (χ2n) is 4.69. The molecule has 0 bridgehead atoms. The predicted molar refractivity (Wildman–Crippen MR) is 69.6 cm³/mol. The lowest BCUT2D eigenvalue weighted by Gasteiger charge is -2.25. The van der Waals surface area contributed by atoms with Crippen LogP contribution in [-0.2, 0) is 5.60 Å². The molecule has 2 aromatic rings. The SMILES string of the molecule is Nc1ncccc1C1(O)CC(N)c2ccccc21. The zero-order valence-corrected chi connectivity index (χ0v) is 9.88. The fourth-order valence-corrected chi connectivity index (χ4v) is 2.76. The maximum absolute atomic E-state index is 11.0. The summed E-state index contributed by atoms with van der Waals surface area (Å²) in [6.45, 7) is 0. The highest BCUT2D eigenvalue weighted by Crippen LogP contribution is 2.47. The molecule has 18 heavy (non-hydrogen) atoms. The molecule has 0 amide bonds. The van der Waals surface area contributed by atoms with Gasteiger partial charge in [-0.25, -0.2) is 4.98 Å². The number of benzene rings is 1. The zero-order chi connectivity index (χ0) is 12.8. The number of aliphatic hydroxyl groups is 1. The number of fused-ring (bicyclic) bond motifs is 1. The van der Waals surface area contributed by atoms with E-state index < -0.39 is 5.60 Å². The first-order valence-corrected chi connectivity index (χ1v) is 5.91. The Bertz CT molecular complexity index is 599. The van der Waals surface area contributed by atoms with Crippen LogP contribution in [0.15, 0.2) is 42.6 Å². The van der Waals surface area contributed by atoms with E-state index in [1.165, 1.54) is 0 Å². The number of hydrogen-bond donors (Lipinski definition) is 3. The van der Waals surface area contributed by atoms with E-state index in [1.807, 2.05) is 24.3 Å². The minimum Gasteiger partial charge on any atom is -0.383 e. The van der Waals surface area contributed by atoms with Gasteiger partial charge in [-0.15, -0.1) is 0 Å². The minimum absolute atomic E-state index is 0.175. The average Bonchev–Trinajstić information content (AvgIpc) is 2.64. The smallest absolute Gasteiger partial charge is 0.129 e. The van der Waals surface area contributed by atoms with Crippen molar-refractivity contribution < 1.29 is 5.11 Å². The first-order valence-electron chi connectivity index (χ1n) is 5.91. The Morgan fingerprint density at radius 3 is 2.67 bits per heavy atom. The summed E-state index contributed by atoms with van der Waals surface area (Å²) in [7, 11) is 0. The van der Waals surface area contributed by atoms with Crippen LogP contribution in [0.3, 0.4) is 0 Å². The number of nitrogen functional groups attached to an aromatic ring is 1. The summed E-state index contributed by atoms with van der Waals surface area (Å²) in [5.41, 5.74) is 13.3. The third-order valence-electron chi connectivity index (χ3n) is 3.61. The summed E-state index contributed by atoms with van der Waals surface area (Å²) < 4.78 is 0. The quantitative estimate of drug-likeness (QED) is 0.702. The molecular formula is C14H15N3O. The molecule has 0 saturated carbocycles. The van der Waals surface area contributed by atoms with Gasteiger partial charge in [0.25, 0.3) is 0 Å². The van der Waals surface area contributed by atoms with Crippen LogP contribution in [0.5, 0.6) is 0 Å². The third kappa shape index (κ3) is 1.43. The van der Waals surface area contributed by atoms with Crippen molar-refractivity contribution in [2.24, 2.45) is 5.73 Å². The molecule has 0 aliphatic heterocycles. The summed E-state index contributed by atoms with van der Waals surface area (Å²) in [5, 5.41) is 11.0. The van der Waals surface area contributed by atoms with Crippen molar-refractivity contribution in [3.8, 4) is 0 Å². The van der Waals surface area contributed by atoms with Crippen LogP contribution in [0.2, 0.25) is 0 Å². The topological polar surface area (TPSA) is 85.2 Å². The first kappa shape index (κ1) is 11.2.